The maximum Gasteiger partial charge on any atom is 0.416 e. The van der Waals surface area contributed by atoms with Crippen molar-refractivity contribution < 1.29 is 31.5 Å². The van der Waals surface area contributed by atoms with E-state index in [0.717, 1.165) is 12.1 Å². The fourth-order valence-corrected chi connectivity index (χ4v) is 4.16. The van der Waals surface area contributed by atoms with Gasteiger partial charge in [0.15, 0.2) is 0 Å². The van der Waals surface area contributed by atoms with E-state index in [0.29, 0.717) is 34.5 Å². The molecule has 200 valence electrons. The SMILES string of the molecule is COc1ccc(C2=NC(c3ccc(C(F)(F)F)cc3F)C(C(=O)Nc3cc4cn[nH]c4cc3F)=C(C)N2)cn1. The highest BCUT2D eigenvalue weighted by molar-refractivity contribution is 6.09. The van der Waals surface area contributed by atoms with Crippen molar-refractivity contribution in [2.75, 3.05) is 12.4 Å². The van der Waals surface area contributed by atoms with Crippen molar-refractivity contribution in [1.82, 2.24) is 20.5 Å². The minimum atomic E-state index is -4.77. The molecule has 1 amide bonds. The molecule has 39 heavy (non-hydrogen) atoms. The Morgan fingerprint density at radius 1 is 1.05 bits per heavy atom. The lowest BCUT2D eigenvalue weighted by atomic mass is 9.93. The number of amides is 1. The lowest BCUT2D eigenvalue weighted by Crippen LogP contribution is -2.34. The molecule has 5 rings (SSSR count). The molecule has 0 saturated heterocycles. The molecular formula is C26H19F5N6O2. The van der Waals surface area contributed by atoms with Crippen molar-refractivity contribution in [3.05, 3.63) is 94.5 Å². The number of aromatic nitrogens is 3. The van der Waals surface area contributed by atoms with Crippen molar-refractivity contribution in [3.8, 4) is 5.88 Å². The molecule has 0 bridgehead atoms. The van der Waals surface area contributed by atoms with Gasteiger partial charge in [-0.05, 0) is 31.2 Å². The van der Waals surface area contributed by atoms with E-state index in [1.54, 1.807) is 12.1 Å². The number of rotatable bonds is 5. The van der Waals surface area contributed by atoms with Crippen molar-refractivity contribution in [3.63, 3.8) is 0 Å². The first-order valence-electron chi connectivity index (χ1n) is 11.4. The molecule has 3 heterocycles. The number of alkyl halides is 3. The standard InChI is InChI=1S/C26H19F5N6O2/c1-12-22(25(38)35-20-7-14-11-33-37-19(14)9-18(20)28)23(16-5-4-15(8-17(16)27)26(29,30)31)36-24(34-12)13-3-6-21(39-2)32-10-13/h3-11,23H,1-2H3,(H,33,37)(H,34,36)(H,35,38). The number of halogens is 5. The summed E-state index contributed by atoms with van der Waals surface area (Å²) in [4.78, 5) is 22.0. The van der Waals surface area contributed by atoms with Crippen LogP contribution in [-0.2, 0) is 11.0 Å². The number of anilines is 1. The van der Waals surface area contributed by atoms with Crippen molar-refractivity contribution in [2.24, 2.45) is 4.99 Å². The molecular weight excluding hydrogens is 523 g/mol. The number of aliphatic imine (C=N–C) groups is 1. The highest BCUT2D eigenvalue weighted by Crippen LogP contribution is 2.37. The number of nitrogens with zero attached hydrogens (tertiary/aromatic N) is 3. The number of pyridine rings is 1. The third kappa shape index (κ3) is 5.02. The Bertz CT molecular complexity index is 1640. The second-order valence-corrected chi connectivity index (χ2v) is 8.61. The maximum absolute atomic E-state index is 15.1. The summed E-state index contributed by atoms with van der Waals surface area (Å²) in [7, 11) is 1.44. The Morgan fingerprint density at radius 2 is 1.85 bits per heavy atom. The number of amidine groups is 1. The van der Waals surface area contributed by atoms with Crippen LogP contribution in [0.3, 0.4) is 0 Å². The minimum Gasteiger partial charge on any atom is -0.481 e. The Morgan fingerprint density at radius 3 is 2.51 bits per heavy atom. The molecule has 0 spiro atoms. The van der Waals surface area contributed by atoms with Crippen LogP contribution in [0.4, 0.5) is 27.6 Å². The summed E-state index contributed by atoms with van der Waals surface area (Å²) in [6.45, 7) is 1.52. The fourth-order valence-electron chi connectivity index (χ4n) is 4.16. The van der Waals surface area contributed by atoms with Crippen LogP contribution in [-0.4, -0.2) is 34.0 Å². The second-order valence-electron chi connectivity index (χ2n) is 8.61. The average molecular weight is 542 g/mol. The van der Waals surface area contributed by atoms with Gasteiger partial charge in [0.05, 0.1) is 35.6 Å². The number of carbonyl (C=O) groups excluding carboxylic acids is 1. The van der Waals surface area contributed by atoms with E-state index in [-0.39, 0.29) is 28.4 Å². The summed E-state index contributed by atoms with van der Waals surface area (Å²) in [6, 6.07) is 6.31. The third-order valence-electron chi connectivity index (χ3n) is 6.10. The number of ether oxygens (including phenoxy) is 1. The number of methoxy groups -OCH3 is 1. The van der Waals surface area contributed by atoms with Gasteiger partial charge in [-0.2, -0.15) is 18.3 Å². The predicted molar refractivity (Wildman–Crippen MR) is 132 cm³/mol. The normalized spacial score (nSPS) is 15.7. The van der Waals surface area contributed by atoms with E-state index in [1.807, 2.05) is 0 Å². The Balaban J connectivity index is 1.57. The smallest absolute Gasteiger partial charge is 0.416 e. The van der Waals surface area contributed by atoms with Crippen LogP contribution in [0, 0.1) is 11.6 Å². The van der Waals surface area contributed by atoms with Crippen LogP contribution < -0.4 is 15.4 Å². The Hall–Kier alpha value is -4.81. The molecule has 1 aliphatic heterocycles. The number of H-pyrrole nitrogens is 1. The van der Waals surface area contributed by atoms with Gasteiger partial charge in [0, 0.05) is 40.5 Å². The van der Waals surface area contributed by atoms with E-state index in [2.05, 4.69) is 30.8 Å². The molecule has 0 saturated carbocycles. The number of fused-ring (bicyclic) bond motifs is 1. The van der Waals surface area contributed by atoms with Gasteiger partial charge in [-0.15, -0.1) is 0 Å². The first kappa shape index (κ1) is 25.8. The van der Waals surface area contributed by atoms with Crippen molar-refractivity contribution in [2.45, 2.75) is 19.1 Å². The highest BCUT2D eigenvalue weighted by atomic mass is 19.4. The number of aromatic amines is 1. The van der Waals surface area contributed by atoms with Gasteiger partial charge in [-0.3, -0.25) is 14.9 Å². The summed E-state index contributed by atoms with van der Waals surface area (Å²) in [5.74, 6) is -2.29. The fraction of sp³-hybridized carbons (Fsp3) is 0.154. The molecule has 1 atom stereocenters. The summed E-state index contributed by atoms with van der Waals surface area (Å²) < 4.78 is 74.4. The molecule has 1 unspecified atom stereocenters. The van der Waals surface area contributed by atoms with Gasteiger partial charge in [0.2, 0.25) is 5.88 Å². The quantitative estimate of drug-likeness (QED) is 0.298. The van der Waals surface area contributed by atoms with Gasteiger partial charge < -0.3 is 15.4 Å². The van der Waals surface area contributed by atoms with Crippen LogP contribution >= 0.6 is 0 Å². The van der Waals surface area contributed by atoms with E-state index in [4.69, 9.17) is 4.74 Å². The molecule has 1 aliphatic rings. The number of allylic oxidation sites excluding steroid dienone is 1. The van der Waals surface area contributed by atoms with Gasteiger partial charge in [-0.25, -0.2) is 13.8 Å². The minimum absolute atomic E-state index is 0.120. The lowest BCUT2D eigenvalue weighted by molar-refractivity contribution is -0.137. The van der Waals surface area contributed by atoms with Gasteiger partial charge >= 0.3 is 6.18 Å². The number of nitrogens with one attached hydrogen (secondary N) is 3. The van der Waals surface area contributed by atoms with E-state index in [1.165, 1.54) is 32.5 Å². The lowest BCUT2D eigenvalue weighted by Gasteiger charge is -2.27. The summed E-state index contributed by atoms with van der Waals surface area (Å²) in [5.41, 5.74) is -0.680. The van der Waals surface area contributed by atoms with E-state index < -0.39 is 35.3 Å². The molecule has 4 aromatic rings. The van der Waals surface area contributed by atoms with Crippen LogP contribution in [0.2, 0.25) is 0 Å². The number of hydrogen-bond donors (Lipinski definition) is 3. The summed E-state index contributed by atoms with van der Waals surface area (Å²) in [6.07, 6.45) is -1.90. The van der Waals surface area contributed by atoms with E-state index in [9.17, 15) is 22.4 Å². The Labute approximate surface area is 217 Å². The third-order valence-corrected chi connectivity index (χ3v) is 6.10. The molecule has 0 aliphatic carbocycles. The number of carbonyl (C=O) groups is 1. The maximum atomic E-state index is 15.1. The molecule has 0 radical (unpaired) electrons. The second kappa shape index (κ2) is 9.82. The molecule has 8 nitrogen and oxygen atoms in total. The van der Waals surface area contributed by atoms with Crippen LogP contribution in [0.1, 0.15) is 29.7 Å². The van der Waals surface area contributed by atoms with Gasteiger partial charge in [-0.1, -0.05) is 6.07 Å². The molecule has 13 heteroatoms. The zero-order chi connectivity index (χ0) is 27.9. The summed E-state index contributed by atoms with van der Waals surface area (Å²) in [5, 5.41) is 12.4. The topological polar surface area (TPSA) is 104 Å². The zero-order valence-corrected chi connectivity index (χ0v) is 20.3. The molecule has 2 aromatic heterocycles. The number of hydrogen-bond acceptors (Lipinski definition) is 6. The molecule has 2 aromatic carbocycles. The van der Waals surface area contributed by atoms with Gasteiger partial charge in [0.1, 0.15) is 23.5 Å². The van der Waals surface area contributed by atoms with E-state index >= 15 is 4.39 Å². The molecule has 3 N–H and O–H groups in total. The van der Waals surface area contributed by atoms with Crippen LogP contribution in [0.25, 0.3) is 10.9 Å². The van der Waals surface area contributed by atoms with Crippen LogP contribution in [0.5, 0.6) is 5.88 Å². The first-order chi connectivity index (χ1) is 18.5. The van der Waals surface area contributed by atoms with Crippen LogP contribution in [0.15, 0.2) is 71.1 Å². The summed E-state index contributed by atoms with van der Waals surface area (Å²) >= 11 is 0. The monoisotopic (exact) mass is 542 g/mol. The first-order valence-corrected chi connectivity index (χ1v) is 11.4. The average Bonchev–Trinajstić information content (AvgIpc) is 3.34. The van der Waals surface area contributed by atoms with Gasteiger partial charge in [0.25, 0.3) is 5.91 Å². The van der Waals surface area contributed by atoms with Crippen molar-refractivity contribution in [1.29, 1.82) is 0 Å². The largest absolute Gasteiger partial charge is 0.481 e. The molecule has 0 fully saturated rings. The Kier molecular flexibility index (Phi) is 6.50. The van der Waals surface area contributed by atoms with Crippen molar-refractivity contribution >= 4 is 28.3 Å². The zero-order valence-electron chi connectivity index (χ0n) is 20.3. The predicted octanol–water partition coefficient (Wildman–Crippen LogP) is 5.27. The highest BCUT2D eigenvalue weighted by Gasteiger charge is 2.35. The number of benzene rings is 2.